The van der Waals surface area contributed by atoms with Gasteiger partial charge in [-0.1, -0.05) is 141 Å². The van der Waals surface area contributed by atoms with E-state index in [4.69, 9.17) is 4.74 Å². The highest BCUT2D eigenvalue weighted by Crippen LogP contribution is 2.51. The molecule has 1 aliphatic heterocycles. The van der Waals surface area contributed by atoms with E-state index in [1.54, 1.807) is 0 Å². The highest BCUT2D eigenvalue weighted by Gasteiger charge is 2.36. The normalized spacial score (nSPS) is 13.4. The van der Waals surface area contributed by atoms with Gasteiger partial charge >= 0.3 is 0 Å². The van der Waals surface area contributed by atoms with Crippen molar-refractivity contribution in [1.29, 1.82) is 0 Å². The van der Waals surface area contributed by atoms with Gasteiger partial charge in [0.15, 0.2) is 0 Å². The molecule has 6 rings (SSSR count). The molecule has 1 heterocycles. The van der Waals surface area contributed by atoms with Crippen LogP contribution in [0.5, 0.6) is 11.5 Å². The number of rotatable bonds is 7. The lowest BCUT2D eigenvalue weighted by molar-refractivity contribution is 0.407. The monoisotopic (exact) mass is 494 g/mol. The number of ether oxygens (including phenoxy) is 1. The second-order valence-electron chi connectivity index (χ2n) is 10.9. The molecule has 1 heteroatoms. The summed E-state index contributed by atoms with van der Waals surface area (Å²) in [5.74, 6) is 2.34. The highest BCUT2D eigenvalue weighted by atomic mass is 16.5. The molecular weight excluding hydrogens is 460 g/mol. The molecule has 0 aromatic heterocycles. The second kappa shape index (κ2) is 10.3. The third-order valence-corrected chi connectivity index (χ3v) is 8.10. The summed E-state index contributed by atoms with van der Waals surface area (Å²) in [6, 6.07) is 45.8. The van der Waals surface area contributed by atoms with E-state index in [9.17, 15) is 0 Å². The van der Waals surface area contributed by atoms with Gasteiger partial charge in [-0.05, 0) is 47.1 Å². The molecule has 0 saturated carbocycles. The fourth-order valence-electron chi connectivity index (χ4n) is 5.94. The molecule has 5 aromatic carbocycles. The first-order chi connectivity index (χ1) is 18.6. The Balaban J connectivity index is 1.39. The van der Waals surface area contributed by atoms with Crippen LogP contribution in [0.1, 0.15) is 58.7 Å². The van der Waals surface area contributed by atoms with Crippen molar-refractivity contribution in [2.75, 3.05) is 0 Å². The van der Waals surface area contributed by atoms with Gasteiger partial charge in [0.1, 0.15) is 11.5 Å². The summed E-state index contributed by atoms with van der Waals surface area (Å²) in [4.78, 5) is 0. The Bertz CT molecular complexity index is 1480. The zero-order valence-electron chi connectivity index (χ0n) is 22.2. The van der Waals surface area contributed by atoms with Crippen LogP contribution in [0.2, 0.25) is 0 Å². The lowest BCUT2D eigenvalue weighted by Crippen LogP contribution is -2.26. The largest absolute Gasteiger partial charge is 0.456 e. The lowest BCUT2D eigenvalue weighted by atomic mass is 9.73. The van der Waals surface area contributed by atoms with Crippen LogP contribution < -0.4 is 4.74 Å². The minimum Gasteiger partial charge on any atom is -0.456 e. The maximum absolute atomic E-state index is 6.94. The van der Waals surface area contributed by atoms with Gasteiger partial charge in [0, 0.05) is 22.5 Å². The first kappa shape index (κ1) is 24.2. The minimum absolute atomic E-state index is 0.142. The zero-order valence-corrected chi connectivity index (χ0v) is 22.2. The third-order valence-electron chi connectivity index (χ3n) is 8.10. The smallest absolute Gasteiger partial charge is 0.134 e. The SMILES string of the molecule is CC1(C)c2cccc(CCc3ccccc3)c2Oc2c(CC(c3ccccc3)c3ccccc3)cccc21. The van der Waals surface area contributed by atoms with E-state index in [1.807, 2.05) is 0 Å². The molecule has 0 fully saturated rings. The second-order valence-corrected chi connectivity index (χ2v) is 10.9. The number of aryl methyl sites for hydroxylation is 2. The highest BCUT2D eigenvalue weighted by molar-refractivity contribution is 5.61. The Morgan fingerprint density at radius 2 is 1.03 bits per heavy atom. The molecular formula is C37H34O. The van der Waals surface area contributed by atoms with Crippen LogP contribution >= 0.6 is 0 Å². The van der Waals surface area contributed by atoms with Crippen molar-refractivity contribution in [3.63, 3.8) is 0 Å². The predicted octanol–water partition coefficient (Wildman–Crippen LogP) is 9.28. The van der Waals surface area contributed by atoms with Crippen molar-refractivity contribution in [2.45, 2.75) is 44.4 Å². The topological polar surface area (TPSA) is 9.23 Å². The third kappa shape index (κ3) is 4.65. The molecule has 0 N–H and O–H groups in total. The van der Waals surface area contributed by atoms with Gasteiger partial charge in [0.25, 0.3) is 0 Å². The molecule has 1 aliphatic rings. The van der Waals surface area contributed by atoms with Crippen molar-refractivity contribution < 1.29 is 4.74 Å². The number of fused-ring (bicyclic) bond motifs is 2. The van der Waals surface area contributed by atoms with Gasteiger partial charge in [-0.25, -0.2) is 0 Å². The molecule has 0 unspecified atom stereocenters. The number of hydrogen-bond acceptors (Lipinski definition) is 1. The van der Waals surface area contributed by atoms with Gasteiger partial charge in [-0.15, -0.1) is 0 Å². The summed E-state index contributed by atoms with van der Waals surface area (Å²) < 4.78 is 6.94. The Labute approximate surface area is 226 Å². The Kier molecular flexibility index (Phi) is 6.60. The van der Waals surface area contributed by atoms with E-state index in [0.717, 1.165) is 30.8 Å². The predicted molar refractivity (Wildman–Crippen MR) is 157 cm³/mol. The summed E-state index contributed by atoms with van der Waals surface area (Å²) in [5, 5.41) is 0. The number of hydrogen-bond donors (Lipinski definition) is 0. The summed E-state index contributed by atoms with van der Waals surface area (Å²) in [7, 11) is 0. The average molecular weight is 495 g/mol. The van der Waals surface area contributed by atoms with Gasteiger partial charge in [-0.3, -0.25) is 0 Å². The van der Waals surface area contributed by atoms with Crippen LogP contribution in [0.3, 0.4) is 0 Å². The number of benzene rings is 5. The molecule has 38 heavy (non-hydrogen) atoms. The lowest BCUT2D eigenvalue weighted by Gasteiger charge is -2.37. The summed E-state index contributed by atoms with van der Waals surface area (Å²) in [6.45, 7) is 4.67. The summed E-state index contributed by atoms with van der Waals surface area (Å²) in [6.07, 6.45) is 2.84. The van der Waals surface area contributed by atoms with Gasteiger partial charge in [0.2, 0.25) is 0 Å². The number of para-hydroxylation sites is 2. The average Bonchev–Trinajstić information content (AvgIpc) is 2.97. The van der Waals surface area contributed by atoms with Crippen LogP contribution in [0.15, 0.2) is 127 Å². The molecule has 188 valence electrons. The first-order valence-corrected chi connectivity index (χ1v) is 13.7. The van der Waals surface area contributed by atoms with Crippen LogP contribution in [-0.4, -0.2) is 0 Å². The van der Waals surface area contributed by atoms with E-state index in [2.05, 4.69) is 141 Å². The minimum atomic E-state index is -0.142. The Morgan fingerprint density at radius 1 is 0.526 bits per heavy atom. The molecule has 0 amide bonds. The molecule has 0 bridgehead atoms. The van der Waals surface area contributed by atoms with Crippen LogP contribution in [-0.2, 0) is 24.7 Å². The maximum atomic E-state index is 6.94. The molecule has 0 radical (unpaired) electrons. The van der Waals surface area contributed by atoms with Gasteiger partial charge in [-0.2, -0.15) is 0 Å². The van der Waals surface area contributed by atoms with Crippen molar-refractivity contribution in [3.05, 3.63) is 166 Å². The molecule has 1 nitrogen and oxygen atoms in total. The fourth-order valence-corrected chi connectivity index (χ4v) is 5.94. The fraction of sp³-hybridized carbons (Fsp3) is 0.189. The standard InChI is InChI=1S/C37H34O/c1-37(2)33-22-12-20-30(25-24-27-14-6-3-7-15-27)35(33)38-36-31(21-13-23-34(36)37)26-32(28-16-8-4-9-17-28)29-18-10-5-11-19-29/h3-23,32H,24-26H2,1-2H3. The van der Waals surface area contributed by atoms with Crippen molar-refractivity contribution in [3.8, 4) is 11.5 Å². The van der Waals surface area contributed by atoms with Crippen molar-refractivity contribution in [1.82, 2.24) is 0 Å². The van der Waals surface area contributed by atoms with Crippen molar-refractivity contribution >= 4 is 0 Å². The van der Waals surface area contributed by atoms with E-state index in [0.29, 0.717) is 0 Å². The summed E-state index contributed by atoms with van der Waals surface area (Å²) >= 11 is 0. The quantitative estimate of drug-likeness (QED) is 0.219. The van der Waals surface area contributed by atoms with Crippen LogP contribution in [0, 0.1) is 0 Å². The summed E-state index contributed by atoms with van der Waals surface area (Å²) in [5.41, 5.74) is 8.95. The molecule has 0 aliphatic carbocycles. The van der Waals surface area contributed by atoms with Crippen molar-refractivity contribution in [2.24, 2.45) is 0 Å². The zero-order chi connectivity index (χ0) is 26.0. The molecule has 0 atom stereocenters. The Hall–Kier alpha value is -4.10. The van der Waals surface area contributed by atoms with Crippen LogP contribution in [0.25, 0.3) is 0 Å². The van der Waals surface area contributed by atoms with E-state index in [1.165, 1.54) is 38.9 Å². The van der Waals surface area contributed by atoms with E-state index >= 15 is 0 Å². The van der Waals surface area contributed by atoms with Crippen LogP contribution in [0.4, 0.5) is 0 Å². The van der Waals surface area contributed by atoms with E-state index in [-0.39, 0.29) is 11.3 Å². The Morgan fingerprint density at radius 3 is 1.61 bits per heavy atom. The van der Waals surface area contributed by atoms with Gasteiger partial charge < -0.3 is 4.74 Å². The molecule has 5 aromatic rings. The molecule has 0 spiro atoms. The maximum Gasteiger partial charge on any atom is 0.134 e. The molecule has 0 saturated heterocycles. The van der Waals surface area contributed by atoms with Gasteiger partial charge in [0.05, 0.1) is 0 Å². The van der Waals surface area contributed by atoms with E-state index < -0.39 is 0 Å². The first-order valence-electron chi connectivity index (χ1n) is 13.7.